The molecule has 1 aromatic heterocycles. The van der Waals surface area contributed by atoms with Crippen LogP contribution in [0.2, 0.25) is 0 Å². The molecule has 1 rings (SSSR count). The molecule has 9 heavy (non-hydrogen) atoms. The van der Waals surface area contributed by atoms with E-state index in [1.807, 2.05) is 23.8 Å². The number of rotatable bonds is 2. The van der Waals surface area contributed by atoms with E-state index in [0.717, 1.165) is 12.0 Å². The highest BCUT2D eigenvalue weighted by Gasteiger charge is 2.02. The van der Waals surface area contributed by atoms with Crippen LogP contribution in [0.3, 0.4) is 0 Å². The van der Waals surface area contributed by atoms with E-state index in [1.54, 1.807) is 11.3 Å². The van der Waals surface area contributed by atoms with Crippen molar-refractivity contribution < 1.29 is 5.11 Å². The lowest BCUT2D eigenvalue weighted by Crippen LogP contribution is -1.90. The topological polar surface area (TPSA) is 20.2 Å². The van der Waals surface area contributed by atoms with Crippen LogP contribution in [0.4, 0.5) is 0 Å². The van der Waals surface area contributed by atoms with Crippen molar-refractivity contribution in [1.82, 2.24) is 0 Å². The fourth-order valence-corrected chi connectivity index (χ4v) is 1.41. The van der Waals surface area contributed by atoms with E-state index in [-0.39, 0.29) is 6.10 Å². The molecule has 0 aliphatic rings. The summed E-state index contributed by atoms with van der Waals surface area (Å²) in [5.41, 5.74) is 1.04. The van der Waals surface area contributed by atoms with Crippen molar-refractivity contribution >= 4 is 11.3 Å². The van der Waals surface area contributed by atoms with Gasteiger partial charge in [-0.25, -0.2) is 0 Å². The van der Waals surface area contributed by atoms with Gasteiger partial charge in [-0.1, -0.05) is 6.92 Å². The van der Waals surface area contributed by atoms with Crippen LogP contribution in [0.5, 0.6) is 0 Å². The van der Waals surface area contributed by atoms with E-state index in [1.165, 1.54) is 0 Å². The molecule has 0 bridgehead atoms. The highest BCUT2D eigenvalue weighted by atomic mass is 32.1. The fourth-order valence-electron chi connectivity index (χ4n) is 0.700. The average molecular weight is 142 g/mol. The zero-order valence-corrected chi connectivity index (χ0v) is 6.19. The van der Waals surface area contributed by atoms with Crippen LogP contribution in [-0.2, 0) is 0 Å². The normalized spacial score (nSPS) is 13.6. The van der Waals surface area contributed by atoms with E-state index in [2.05, 4.69) is 0 Å². The van der Waals surface area contributed by atoms with Gasteiger partial charge in [0.15, 0.2) is 0 Å². The van der Waals surface area contributed by atoms with Gasteiger partial charge in [0.05, 0.1) is 6.10 Å². The first kappa shape index (κ1) is 6.78. The Balaban J connectivity index is 2.65. The van der Waals surface area contributed by atoms with Crippen molar-refractivity contribution in [3.05, 3.63) is 22.4 Å². The van der Waals surface area contributed by atoms with Crippen LogP contribution >= 0.6 is 11.3 Å². The first-order chi connectivity index (χ1) is 4.34. The summed E-state index contributed by atoms with van der Waals surface area (Å²) in [6.45, 7) is 1.97. The lowest BCUT2D eigenvalue weighted by molar-refractivity contribution is 0.174. The van der Waals surface area contributed by atoms with E-state index in [4.69, 9.17) is 0 Å². The van der Waals surface area contributed by atoms with Gasteiger partial charge in [0.25, 0.3) is 0 Å². The van der Waals surface area contributed by atoms with Crippen LogP contribution in [-0.4, -0.2) is 5.11 Å². The molecule has 0 saturated carbocycles. The molecule has 1 heterocycles. The molecular formula is C7H10OS. The monoisotopic (exact) mass is 142 g/mol. The Hall–Kier alpha value is -0.340. The van der Waals surface area contributed by atoms with Crippen molar-refractivity contribution in [3.63, 3.8) is 0 Å². The molecule has 0 saturated heterocycles. The minimum atomic E-state index is -0.253. The van der Waals surface area contributed by atoms with Gasteiger partial charge in [-0.05, 0) is 28.8 Å². The van der Waals surface area contributed by atoms with E-state index in [0.29, 0.717) is 0 Å². The lowest BCUT2D eigenvalue weighted by atomic mass is 10.1. The van der Waals surface area contributed by atoms with Crippen molar-refractivity contribution in [2.24, 2.45) is 0 Å². The number of thiophene rings is 1. The summed E-state index contributed by atoms with van der Waals surface area (Å²) >= 11 is 1.62. The van der Waals surface area contributed by atoms with Gasteiger partial charge in [-0.3, -0.25) is 0 Å². The van der Waals surface area contributed by atoms with Gasteiger partial charge < -0.3 is 5.11 Å². The van der Waals surface area contributed by atoms with Crippen LogP contribution < -0.4 is 0 Å². The molecule has 2 heteroatoms. The molecule has 0 unspecified atom stereocenters. The molecule has 0 aliphatic heterocycles. The molecule has 1 nitrogen and oxygen atoms in total. The van der Waals surface area contributed by atoms with Crippen LogP contribution in [0, 0.1) is 0 Å². The largest absolute Gasteiger partial charge is 0.388 e. The Morgan fingerprint density at radius 3 is 3.00 bits per heavy atom. The highest BCUT2D eigenvalue weighted by molar-refractivity contribution is 7.07. The average Bonchev–Trinajstić information content (AvgIpc) is 2.37. The summed E-state index contributed by atoms with van der Waals surface area (Å²) in [5.74, 6) is 0. The Morgan fingerprint density at radius 1 is 1.78 bits per heavy atom. The Labute approximate surface area is 59.0 Å². The highest BCUT2D eigenvalue weighted by Crippen LogP contribution is 2.17. The quantitative estimate of drug-likeness (QED) is 0.671. The maximum Gasteiger partial charge on any atom is 0.0795 e. The minimum Gasteiger partial charge on any atom is -0.388 e. The van der Waals surface area contributed by atoms with Crippen LogP contribution in [0.25, 0.3) is 0 Å². The summed E-state index contributed by atoms with van der Waals surface area (Å²) in [6, 6.07) is 1.96. The van der Waals surface area contributed by atoms with Gasteiger partial charge in [-0.15, -0.1) is 0 Å². The number of aliphatic hydroxyl groups excluding tert-OH is 1. The summed E-state index contributed by atoms with van der Waals surface area (Å²) in [6.07, 6.45) is 0.549. The zero-order chi connectivity index (χ0) is 6.69. The predicted octanol–water partition coefficient (Wildman–Crippen LogP) is 2.19. The summed E-state index contributed by atoms with van der Waals surface area (Å²) in [4.78, 5) is 0. The molecule has 0 radical (unpaired) electrons. The SMILES string of the molecule is CC[C@@H](O)c1ccsc1. The van der Waals surface area contributed by atoms with Crippen molar-refractivity contribution in [2.45, 2.75) is 19.4 Å². The second-order valence-corrected chi connectivity index (χ2v) is 2.76. The lowest BCUT2D eigenvalue weighted by Gasteiger charge is -2.01. The van der Waals surface area contributed by atoms with Crippen molar-refractivity contribution in [2.75, 3.05) is 0 Å². The predicted molar refractivity (Wildman–Crippen MR) is 39.6 cm³/mol. The van der Waals surface area contributed by atoms with Crippen molar-refractivity contribution in [3.8, 4) is 0 Å². The molecule has 0 aliphatic carbocycles. The number of hydrogen-bond donors (Lipinski definition) is 1. The third kappa shape index (κ3) is 1.53. The van der Waals surface area contributed by atoms with E-state index in [9.17, 15) is 5.11 Å². The van der Waals surface area contributed by atoms with E-state index < -0.39 is 0 Å². The van der Waals surface area contributed by atoms with Gasteiger partial charge in [-0.2, -0.15) is 11.3 Å². The van der Waals surface area contributed by atoms with Gasteiger partial charge >= 0.3 is 0 Å². The summed E-state index contributed by atoms with van der Waals surface area (Å²) < 4.78 is 0. The minimum absolute atomic E-state index is 0.253. The second-order valence-electron chi connectivity index (χ2n) is 1.98. The molecule has 0 aromatic carbocycles. The first-order valence-corrected chi connectivity index (χ1v) is 3.99. The fraction of sp³-hybridized carbons (Fsp3) is 0.429. The Kier molecular flexibility index (Phi) is 2.25. The molecule has 1 aromatic rings. The zero-order valence-electron chi connectivity index (χ0n) is 5.37. The summed E-state index contributed by atoms with van der Waals surface area (Å²) in [7, 11) is 0. The molecule has 0 amide bonds. The summed E-state index contributed by atoms with van der Waals surface area (Å²) in [5, 5.41) is 13.2. The van der Waals surface area contributed by atoms with Gasteiger partial charge in [0, 0.05) is 0 Å². The number of hydrogen-bond acceptors (Lipinski definition) is 2. The number of aliphatic hydroxyl groups is 1. The van der Waals surface area contributed by atoms with Crippen molar-refractivity contribution in [1.29, 1.82) is 0 Å². The molecular weight excluding hydrogens is 132 g/mol. The third-order valence-corrected chi connectivity index (χ3v) is 2.02. The molecule has 1 N–H and O–H groups in total. The standard InChI is InChI=1S/C7H10OS/c1-2-7(8)6-3-4-9-5-6/h3-5,7-8H,2H2,1H3/t7-/m1/s1. The first-order valence-electron chi connectivity index (χ1n) is 3.04. The Bertz CT molecular complexity index is 157. The maximum atomic E-state index is 9.22. The molecule has 50 valence electrons. The molecule has 0 spiro atoms. The molecule has 0 fully saturated rings. The second kappa shape index (κ2) is 2.99. The molecule has 1 atom stereocenters. The van der Waals surface area contributed by atoms with Crippen LogP contribution in [0.15, 0.2) is 16.8 Å². The maximum absolute atomic E-state index is 9.22. The van der Waals surface area contributed by atoms with Gasteiger partial charge in [0.2, 0.25) is 0 Å². The van der Waals surface area contributed by atoms with E-state index >= 15 is 0 Å². The van der Waals surface area contributed by atoms with Crippen LogP contribution in [0.1, 0.15) is 25.0 Å². The smallest absolute Gasteiger partial charge is 0.0795 e. The Morgan fingerprint density at radius 2 is 2.56 bits per heavy atom. The van der Waals surface area contributed by atoms with Gasteiger partial charge in [0.1, 0.15) is 0 Å². The third-order valence-electron chi connectivity index (χ3n) is 1.31.